The third-order valence-corrected chi connectivity index (χ3v) is 2.60. The molecule has 1 aromatic carbocycles. The van der Waals surface area contributed by atoms with E-state index in [0.29, 0.717) is 12.8 Å². The topological polar surface area (TPSA) is 61.5 Å². The average molecular weight is 237 g/mol. The van der Waals surface area contributed by atoms with E-state index in [1.54, 1.807) is 7.11 Å². The van der Waals surface area contributed by atoms with Crippen LogP contribution < -0.4 is 10.5 Å². The van der Waals surface area contributed by atoms with Crippen LogP contribution >= 0.6 is 0 Å². The van der Waals surface area contributed by atoms with Gasteiger partial charge in [-0.1, -0.05) is 12.1 Å². The maximum atomic E-state index is 11.0. The van der Waals surface area contributed by atoms with Gasteiger partial charge in [0.1, 0.15) is 5.75 Å². The average Bonchev–Trinajstić information content (AvgIpc) is 2.36. The van der Waals surface area contributed by atoms with Gasteiger partial charge in [-0.05, 0) is 30.5 Å². The fraction of sp³-hybridized carbons (Fsp3) is 0.462. The van der Waals surface area contributed by atoms with Crippen molar-refractivity contribution >= 4 is 5.97 Å². The number of ether oxygens (including phenoxy) is 2. The van der Waals surface area contributed by atoms with E-state index >= 15 is 0 Å². The van der Waals surface area contributed by atoms with E-state index < -0.39 is 0 Å². The first-order chi connectivity index (χ1) is 8.15. The SMILES string of the molecule is COC(=O)CCC(N)Cc1ccc(OC)cc1. The number of benzene rings is 1. The van der Waals surface area contributed by atoms with Gasteiger partial charge in [0.2, 0.25) is 0 Å². The van der Waals surface area contributed by atoms with Gasteiger partial charge < -0.3 is 15.2 Å². The molecule has 0 bridgehead atoms. The molecule has 0 saturated carbocycles. The van der Waals surface area contributed by atoms with Crippen molar-refractivity contribution < 1.29 is 14.3 Å². The minimum Gasteiger partial charge on any atom is -0.497 e. The Morgan fingerprint density at radius 1 is 1.29 bits per heavy atom. The Morgan fingerprint density at radius 2 is 1.94 bits per heavy atom. The van der Waals surface area contributed by atoms with Crippen LogP contribution in [0, 0.1) is 0 Å². The smallest absolute Gasteiger partial charge is 0.305 e. The van der Waals surface area contributed by atoms with Crippen molar-refractivity contribution in [2.24, 2.45) is 5.73 Å². The summed E-state index contributed by atoms with van der Waals surface area (Å²) in [6.45, 7) is 0. The summed E-state index contributed by atoms with van der Waals surface area (Å²) in [5.74, 6) is 0.618. The molecule has 1 atom stereocenters. The van der Waals surface area contributed by atoms with Crippen LogP contribution in [0.1, 0.15) is 18.4 Å². The predicted molar refractivity (Wildman–Crippen MR) is 65.9 cm³/mol. The van der Waals surface area contributed by atoms with Gasteiger partial charge in [0.25, 0.3) is 0 Å². The van der Waals surface area contributed by atoms with E-state index in [4.69, 9.17) is 10.5 Å². The fourth-order valence-electron chi connectivity index (χ4n) is 1.57. The van der Waals surface area contributed by atoms with Crippen LogP contribution in [0.3, 0.4) is 0 Å². The Morgan fingerprint density at radius 3 is 2.47 bits per heavy atom. The number of carbonyl (C=O) groups excluding carboxylic acids is 1. The molecule has 0 aliphatic carbocycles. The van der Waals surface area contributed by atoms with E-state index in [0.717, 1.165) is 17.7 Å². The monoisotopic (exact) mass is 237 g/mol. The summed E-state index contributed by atoms with van der Waals surface area (Å²) in [4.78, 5) is 11.0. The zero-order valence-corrected chi connectivity index (χ0v) is 10.3. The van der Waals surface area contributed by atoms with Crippen molar-refractivity contribution in [1.29, 1.82) is 0 Å². The highest BCUT2D eigenvalue weighted by Gasteiger charge is 2.08. The highest BCUT2D eigenvalue weighted by molar-refractivity contribution is 5.69. The third kappa shape index (κ3) is 4.87. The van der Waals surface area contributed by atoms with Gasteiger partial charge in [-0.15, -0.1) is 0 Å². The van der Waals surface area contributed by atoms with Crippen molar-refractivity contribution in [1.82, 2.24) is 0 Å². The first kappa shape index (κ1) is 13.5. The summed E-state index contributed by atoms with van der Waals surface area (Å²) in [7, 11) is 3.02. The molecule has 0 heterocycles. The molecule has 0 saturated heterocycles. The molecule has 0 aliphatic heterocycles. The van der Waals surface area contributed by atoms with E-state index in [9.17, 15) is 4.79 Å². The van der Waals surface area contributed by atoms with Crippen LogP contribution in [0.25, 0.3) is 0 Å². The van der Waals surface area contributed by atoms with Crippen LogP contribution in [-0.2, 0) is 16.0 Å². The minimum absolute atomic E-state index is 0.0255. The molecule has 4 heteroatoms. The van der Waals surface area contributed by atoms with Crippen LogP contribution in [0.4, 0.5) is 0 Å². The van der Waals surface area contributed by atoms with Crippen molar-refractivity contribution in [3.8, 4) is 5.75 Å². The van der Waals surface area contributed by atoms with Gasteiger partial charge in [-0.2, -0.15) is 0 Å². The number of rotatable bonds is 6. The molecular formula is C13H19NO3. The lowest BCUT2D eigenvalue weighted by Gasteiger charge is -2.11. The first-order valence-electron chi connectivity index (χ1n) is 5.61. The van der Waals surface area contributed by atoms with Crippen molar-refractivity contribution in [3.63, 3.8) is 0 Å². The minimum atomic E-state index is -0.213. The first-order valence-corrected chi connectivity index (χ1v) is 5.61. The van der Waals surface area contributed by atoms with Gasteiger partial charge in [-0.25, -0.2) is 0 Å². The predicted octanol–water partition coefficient (Wildman–Crippen LogP) is 1.52. The van der Waals surface area contributed by atoms with Crippen LogP contribution in [0.5, 0.6) is 5.75 Å². The van der Waals surface area contributed by atoms with Crippen LogP contribution in [-0.4, -0.2) is 26.2 Å². The molecule has 0 radical (unpaired) electrons. The van der Waals surface area contributed by atoms with E-state index in [-0.39, 0.29) is 12.0 Å². The molecule has 94 valence electrons. The molecule has 17 heavy (non-hydrogen) atoms. The maximum Gasteiger partial charge on any atom is 0.305 e. The highest BCUT2D eigenvalue weighted by Crippen LogP contribution is 2.13. The van der Waals surface area contributed by atoms with Crippen molar-refractivity contribution in [2.75, 3.05) is 14.2 Å². The Balaban J connectivity index is 2.39. The summed E-state index contributed by atoms with van der Waals surface area (Å²) in [5, 5.41) is 0. The van der Waals surface area contributed by atoms with Gasteiger partial charge in [-0.3, -0.25) is 4.79 Å². The second-order valence-corrected chi connectivity index (χ2v) is 3.93. The summed E-state index contributed by atoms with van der Waals surface area (Å²) >= 11 is 0. The number of carbonyl (C=O) groups is 1. The Kier molecular flexibility index (Phi) is 5.49. The third-order valence-electron chi connectivity index (χ3n) is 2.60. The Hall–Kier alpha value is -1.55. The molecule has 0 aliphatic rings. The normalized spacial score (nSPS) is 11.9. The van der Waals surface area contributed by atoms with Gasteiger partial charge in [0.15, 0.2) is 0 Å². The second-order valence-electron chi connectivity index (χ2n) is 3.93. The lowest BCUT2D eigenvalue weighted by atomic mass is 10.0. The zero-order chi connectivity index (χ0) is 12.7. The summed E-state index contributed by atoms with van der Waals surface area (Å²) < 4.78 is 9.65. The summed E-state index contributed by atoms with van der Waals surface area (Å²) in [6.07, 6.45) is 1.76. The lowest BCUT2D eigenvalue weighted by Crippen LogP contribution is -2.24. The molecule has 0 fully saturated rings. The van der Waals surface area contributed by atoms with Crippen LogP contribution in [0.2, 0.25) is 0 Å². The number of methoxy groups -OCH3 is 2. The second kappa shape index (κ2) is 6.91. The molecule has 0 aromatic heterocycles. The van der Waals surface area contributed by atoms with Crippen molar-refractivity contribution in [2.45, 2.75) is 25.3 Å². The largest absolute Gasteiger partial charge is 0.497 e. The quantitative estimate of drug-likeness (QED) is 0.762. The molecule has 1 aromatic rings. The molecule has 1 unspecified atom stereocenters. The maximum absolute atomic E-state index is 11.0. The van der Waals surface area contributed by atoms with Crippen molar-refractivity contribution in [3.05, 3.63) is 29.8 Å². The van der Waals surface area contributed by atoms with Gasteiger partial charge in [0.05, 0.1) is 14.2 Å². The molecule has 0 spiro atoms. The fourth-order valence-corrected chi connectivity index (χ4v) is 1.57. The number of hydrogen-bond donors (Lipinski definition) is 1. The molecule has 2 N–H and O–H groups in total. The number of nitrogens with two attached hydrogens (primary N) is 1. The van der Waals surface area contributed by atoms with Gasteiger partial charge >= 0.3 is 5.97 Å². The Labute approximate surface area is 102 Å². The lowest BCUT2D eigenvalue weighted by molar-refractivity contribution is -0.140. The molecule has 0 amide bonds. The highest BCUT2D eigenvalue weighted by atomic mass is 16.5. The van der Waals surface area contributed by atoms with E-state index in [1.165, 1.54) is 7.11 Å². The van der Waals surface area contributed by atoms with E-state index in [2.05, 4.69) is 4.74 Å². The Bertz CT molecular complexity index is 348. The summed E-state index contributed by atoms with van der Waals surface area (Å²) in [5.41, 5.74) is 7.08. The molecule has 4 nitrogen and oxygen atoms in total. The number of hydrogen-bond acceptors (Lipinski definition) is 4. The molecular weight excluding hydrogens is 218 g/mol. The van der Waals surface area contributed by atoms with E-state index in [1.807, 2.05) is 24.3 Å². The molecule has 1 rings (SSSR count). The van der Waals surface area contributed by atoms with Crippen LogP contribution in [0.15, 0.2) is 24.3 Å². The zero-order valence-electron chi connectivity index (χ0n) is 10.3. The summed E-state index contributed by atoms with van der Waals surface area (Å²) in [6, 6.07) is 7.75. The number of esters is 1. The van der Waals surface area contributed by atoms with Gasteiger partial charge in [0, 0.05) is 12.5 Å². The standard InChI is InChI=1S/C13H19NO3/c1-16-12-6-3-10(4-7-12)9-11(14)5-8-13(15)17-2/h3-4,6-7,11H,5,8-9,14H2,1-2H3.